The summed E-state index contributed by atoms with van der Waals surface area (Å²) in [5.74, 6) is 0. The fourth-order valence-electron chi connectivity index (χ4n) is 0.152. The van der Waals surface area contributed by atoms with Crippen molar-refractivity contribution in [3.63, 3.8) is 0 Å². The molecule has 0 radical (unpaired) electrons. The summed E-state index contributed by atoms with van der Waals surface area (Å²) in [6.45, 7) is 6.71. The van der Waals surface area contributed by atoms with Crippen LogP contribution in [0.5, 0.6) is 0 Å². The van der Waals surface area contributed by atoms with Crippen molar-refractivity contribution in [2.75, 3.05) is 0 Å². The molecule has 0 amide bonds. The Morgan fingerprint density at radius 1 is 1.43 bits per heavy atom. The summed E-state index contributed by atoms with van der Waals surface area (Å²) in [7, 11) is 0. The molecule has 0 fully saturated rings. The van der Waals surface area contributed by atoms with Gasteiger partial charge in [-0.3, -0.25) is 0 Å². The lowest BCUT2D eigenvalue weighted by Gasteiger charge is -1.49. The second-order valence-electron chi connectivity index (χ2n) is 0.848. The van der Waals surface area contributed by atoms with Gasteiger partial charge in [0, 0.05) is 0 Å². The molecule has 7 heavy (non-hydrogen) atoms. The molecule has 0 unspecified atom stereocenters. The molecule has 0 atom stereocenters. The molecule has 0 saturated carbocycles. The first-order chi connectivity index (χ1) is 3.41. The average molecular weight is 90.1 g/mol. The molecule has 0 N–H and O–H groups in total. The van der Waals surface area contributed by atoms with Gasteiger partial charge in [0.2, 0.25) is 0 Å². The summed E-state index contributed by atoms with van der Waals surface area (Å²) >= 11 is 0. The molecule has 0 aliphatic rings. The van der Waals surface area contributed by atoms with Gasteiger partial charge in [0.15, 0.2) is 0 Å². The van der Waals surface area contributed by atoms with Crippen LogP contribution < -0.4 is 0 Å². The molecule has 0 aliphatic carbocycles. The van der Waals surface area contributed by atoms with Crippen LogP contribution in [0, 0.1) is 0 Å². The van der Waals surface area contributed by atoms with Crippen molar-refractivity contribution in [1.29, 1.82) is 0 Å². The summed E-state index contributed by atoms with van der Waals surface area (Å²) < 4.78 is 0. The first-order valence-corrected chi connectivity index (χ1v) is 1.88. The third kappa shape index (κ3) is 4.82. The van der Waals surface area contributed by atoms with Gasteiger partial charge in [0.05, 0.1) is 0 Å². The van der Waals surface area contributed by atoms with E-state index in [9.17, 15) is 0 Å². The van der Waals surface area contributed by atoms with Crippen LogP contribution in [0.1, 0.15) is 0 Å². The summed E-state index contributed by atoms with van der Waals surface area (Å²) in [5.41, 5.74) is 7.54. The van der Waals surface area contributed by atoms with Crippen LogP contribution in [-0.2, 0) is 0 Å². The minimum Gasteiger partial charge on any atom is -0.0984 e. The number of hydrogen-bond donors (Lipinski definition) is 0. The second kappa shape index (κ2) is 4.82. The fraction of sp³-hybridized carbons (Fsp3) is 0. The monoisotopic (exact) mass is 90.0 g/mol. The molecule has 0 heterocycles. The van der Waals surface area contributed by atoms with Crippen LogP contribution in [0.2, 0.25) is 0 Å². The van der Waals surface area contributed by atoms with E-state index in [1.165, 1.54) is 0 Å². The number of hydrogen-bond acceptors (Lipinski definition) is 0. The van der Waals surface area contributed by atoms with E-state index in [-0.39, 0.29) is 0 Å². The van der Waals surface area contributed by atoms with Crippen LogP contribution in [-0.4, -0.2) is 0 Å². The van der Waals surface area contributed by atoms with E-state index in [4.69, 9.17) is 0 Å². The van der Waals surface area contributed by atoms with Gasteiger partial charge in [-0.2, -0.15) is 0 Å². The van der Waals surface area contributed by atoms with Gasteiger partial charge in [-0.15, -0.1) is 0 Å². The summed E-state index contributed by atoms with van der Waals surface area (Å²) in [6, 6.07) is 0. The van der Waals surface area contributed by atoms with Crippen LogP contribution >= 0.6 is 0 Å². The fourth-order valence-corrected chi connectivity index (χ4v) is 0.152. The molecule has 0 aromatic carbocycles. The highest BCUT2D eigenvalue weighted by Gasteiger charge is 1.40. The lowest BCUT2D eigenvalue weighted by Crippen LogP contribution is -1.29. The maximum Gasteiger partial charge on any atom is -0.0115 e. The molecule has 0 aromatic rings. The van der Waals surface area contributed by atoms with Gasteiger partial charge in [-0.05, 0) is 18.4 Å². The standard InChI is InChI=1S/C7H6/c1-3-5-7-6-4-2/h3,5H,1-2H2. The number of allylic oxidation sites excluding steroid dienone is 2. The maximum absolute atomic E-state index is 3.43. The molecule has 0 aliphatic heterocycles. The molecule has 0 saturated heterocycles. The van der Waals surface area contributed by atoms with Crippen LogP contribution in [0.15, 0.2) is 42.5 Å². The minimum absolute atomic E-state index is 1.62. The molecular formula is C7H6. The van der Waals surface area contributed by atoms with E-state index in [2.05, 4.69) is 30.4 Å². The molecule has 34 valence electrons. The molecule has 0 rings (SSSR count). The van der Waals surface area contributed by atoms with Crippen LogP contribution in [0.3, 0.4) is 0 Å². The van der Waals surface area contributed by atoms with E-state index in [1.807, 2.05) is 0 Å². The highest BCUT2D eigenvalue weighted by Crippen LogP contribution is 1.60. The summed E-state index contributed by atoms with van der Waals surface area (Å²) in [6.07, 6.45) is 3.25. The van der Waals surface area contributed by atoms with Crippen molar-refractivity contribution < 1.29 is 0 Å². The van der Waals surface area contributed by atoms with Gasteiger partial charge < -0.3 is 0 Å². The minimum atomic E-state index is 1.62. The topological polar surface area (TPSA) is 0 Å². The van der Waals surface area contributed by atoms with Crippen molar-refractivity contribution in [1.82, 2.24) is 0 Å². The Balaban J connectivity index is 4.17. The van der Waals surface area contributed by atoms with Gasteiger partial charge in [0.25, 0.3) is 0 Å². The van der Waals surface area contributed by atoms with Gasteiger partial charge >= 0.3 is 0 Å². The third-order valence-electron chi connectivity index (χ3n) is 0.362. The molecule has 0 nitrogen and oxygen atoms in total. The molecular weight excluding hydrogens is 84.1 g/mol. The SMILES string of the molecule is C=C=C=C=CC=C. The Hall–Kier alpha value is -1.18. The smallest absolute Gasteiger partial charge is 0.0115 e. The predicted molar refractivity (Wildman–Crippen MR) is 30.9 cm³/mol. The Morgan fingerprint density at radius 3 is 2.57 bits per heavy atom. The summed E-state index contributed by atoms with van der Waals surface area (Å²) in [5, 5.41) is 0. The highest BCUT2D eigenvalue weighted by molar-refractivity contribution is 4.96. The van der Waals surface area contributed by atoms with Crippen LogP contribution in [0.4, 0.5) is 0 Å². The van der Waals surface area contributed by atoms with Gasteiger partial charge in [0.1, 0.15) is 0 Å². The summed E-state index contributed by atoms with van der Waals surface area (Å²) in [4.78, 5) is 0. The van der Waals surface area contributed by atoms with E-state index in [0.717, 1.165) is 0 Å². The lowest BCUT2D eigenvalue weighted by molar-refractivity contribution is 2.07. The zero-order chi connectivity index (χ0) is 5.54. The van der Waals surface area contributed by atoms with Crippen molar-refractivity contribution in [2.24, 2.45) is 0 Å². The molecule has 0 bridgehead atoms. The second-order valence-corrected chi connectivity index (χ2v) is 0.848. The highest BCUT2D eigenvalue weighted by atomic mass is 13.5. The Morgan fingerprint density at radius 2 is 2.14 bits per heavy atom. The predicted octanol–water partition coefficient (Wildman–Crippen LogP) is 1.82. The van der Waals surface area contributed by atoms with Crippen LogP contribution in [0.25, 0.3) is 0 Å². The zero-order valence-electron chi connectivity index (χ0n) is 4.07. The van der Waals surface area contributed by atoms with Gasteiger partial charge in [-0.1, -0.05) is 24.1 Å². The van der Waals surface area contributed by atoms with Crippen molar-refractivity contribution in [2.45, 2.75) is 0 Å². The van der Waals surface area contributed by atoms with Crippen molar-refractivity contribution in [3.8, 4) is 0 Å². The Labute approximate surface area is 43.5 Å². The van der Waals surface area contributed by atoms with E-state index in [0.29, 0.717) is 0 Å². The number of rotatable bonds is 1. The average Bonchev–Trinajstić information content (AvgIpc) is 1.69. The van der Waals surface area contributed by atoms with Gasteiger partial charge in [-0.25, -0.2) is 0 Å². The maximum atomic E-state index is 3.43. The molecule has 0 aromatic heterocycles. The molecule has 0 heteroatoms. The van der Waals surface area contributed by atoms with E-state index >= 15 is 0 Å². The normalized spacial score (nSPS) is 4.57. The van der Waals surface area contributed by atoms with Crippen molar-refractivity contribution >= 4 is 0 Å². The first kappa shape index (κ1) is 5.82. The Kier molecular flexibility index (Phi) is 4.01. The van der Waals surface area contributed by atoms with E-state index < -0.39 is 0 Å². The zero-order valence-corrected chi connectivity index (χ0v) is 4.07. The Bertz CT molecular complexity index is 156. The molecule has 0 spiro atoms. The third-order valence-corrected chi connectivity index (χ3v) is 0.362. The lowest BCUT2D eigenvalue weighted by atomic mass is 10.6. The first-order valence-electron chi connectivity index (χ1n) is 1.88. The largest absolute Gasteiger partial charge is 0.0984 e. The quantitative estimate of drug-likeness (QED) is 0.340. The van der Waals surface area contributed by atoms with E-state index in [1.54, 1.807) is 12.2 Å². The van der Waals surface area contributed by atoms with Crippen molar-refractivity contribution in [3.05, 3.63) is 42.5 Å².